The van der Waals surface area contributed by atoms with Crippen molar-refractivity contribution in [3.63, 3.8) is 0 Å². The van der Waals surface area contributed by atoms with Crippen molar-refractivity contribution in [1.82, 2.24) is 14.5 Å². The number of hydrogen-bond donors (Lipinski definition) is 1. The number of rotatable bonds is 6. The van der Waals surface area contributed by atoms with Crippen LogP contribution in [0.25, 0.3) is 11.0 Å². The number of carbonyl (C=O) groups is 1. The normalized spacial score (nSPS) is 10.9. The van der Waals surface area contributed by atoms with Crippen LogP contribution in [0.1, 0.15) is 18.1 Å². The minimum Gasteiger partial charge on any atom is -0.354 e. The van der Waals surface area contributed by atoms with Gasteiger partial charge in [-0.3, -0.25) is 19.0 Å². The van der Waals surface area contributed by atoms with E-state index >= 15 is 0 Å². The van der Waals surface area contributed by atoms with E-state index in [4.69, 9.17) is 0 Å². The van der Waals surface area contributed by atoms with Gasteiger partial charge in [-0.25, -0.2) is 0 Å². The Balaban J connectivity index is 1.77. The number of nitrogens with zero attached hydrogens (tertiary/aromatic N) is 2. The van der Waals surface area contributed by atoms with Crippen molar-refractivity contribution in [2.45, 2.75) is 33.4 Å². The van der Waals surface area contributed by atoms with E-state index in [2.05, 4.69) is 5.32 Å². The molecule has 140 valence electrons. The summed E-state index contributed by atoms with van der Waals surface area (Å²) in [6, 6.07) is 15.3. The Hall–Kier alpha value is -3.15. The third-order valence-electron chi connectivity index (χ3n) is 4.61. The minimum absolute atomic E-state index is 0.174. The van der Waals surface area contributed by atoms with Crippen molar-refractivity contribution in [3.05, 3.63) is 80.4 Å². The molecule has 0 fully saturated rings. The maximum absolute atomic E-state index is 12.5. The molecule has 0 radical (unpaired) electrons. The van der Waals surface area contributed by atoms with Crippen LogP contribution in [0.4, 0.5) is 0 Å². The van der Waals surface area contributed by atoms with Crippen molar-refractivity contribution < 1.29 is 4.79 Å². The highest BCUT2D eigenvalue weighted by Crippen LogP contribution is 2.10. The van der Waals surface area contributed by atoms with Crippen molar-refractivity contribution in [1.29, 1.82) is 0 Å². The van der Waals surface area contributed by atoms with E-state index in [0.29, 0.717) is 30.5 Å². The molecule has 1 N–H and O–H groups in total. The molecular formula is C21H23N3O3. The maximum Gasteiger partial charge on any atom is 0.317 e. The van der Waals surface area contributed by atoms with Gasteiger partial charge in [-0.05, 0) is 38.0 Å². The second kappa shape index (κ2) is 8.03. The first kappa shape index (κ1) is 18.6. The van der Waals surface area contributed by atoms with Gasteiger partial charge in [-0.2, -0.15) is 0 Å². The summed E-state index contributed by atoms with van der Waals surface area (Å²) in [5, 5.41) is 2.83. The predicted octanol–water partition coefficient (Wildman–Crippen LogP) is 1.85. The molecule has 3 aromatic rings. The summed E-state index contributed by atoms with van der Waals surface area (Å²) < 4.78 is 2.69. The monoisotopic (exact) mass is 365 g/mol. The van der Waals surface area contributed by atoms with Gasteiger partial charge in [0.15, 0.2) is 0 Å². The molecule has 1 aromatic heterocycles. The van der Waals surface area contributed by atoms with Crippen molar-refractivity contribution in [2.24, 2.45) is 0 Å². The summed E-state index contributed by atoms with van der Waals surface area (Å²) >= 11 is 0. The average Bonchev–Trinajstić information content (AvgIpc) is 2.67. The second-order valence-electron chi connectivity index (χ2n) is 6.51. The van der Waals surface area contributed by atoms with E-state index in [9.17, 15) is 14.4 Å². The van der Waals surface area contributed by atoms with Crippen LogP contribution >= 0.6 is 0 Å². The van der Waals surface area contributed by atoms with E-state index < -0.39 is 11.1 Å². The van der Waals surface area contributed by atoms with Crippen molar-refractivity contribution >= 4 is 16.9 Å². The molecule has 6 heteroatoms. The number of aromatic nitrogens is 2. The lowest BCUT2D eigenvalue weighted by Gasteiger charge is -2.14. The molecule has 0 atom stereocenters. The molecule has 1 heterocycles. The summed E-state index contributed by atoms with van der Waals surface area (Å²) in [4.78, 5) is 37.2. The van der Waals surface area contributed by atoms with Gasteiger partial charge in [0.1, 0.15) is 6.54 Å². The molecule has 6 nitrogen and oxygen atoms in total. The number of para-hydroxylation sites is 2. The van der Waals surface area contributed by atoms with Crippen LogP contribution in [0.15, 0.2) is 58.1 Å². The van der Waals surface area contributed by atoms with Gasteiger partial charge in [-0.1, -0.05) is 42.0 Å². The van der Waals surface area contributed by atoms with Gasteiger partial charge < -0.3 is 9.88 Å². The summed E-state index contributed by atoms with van der Waals surface area (Å²) in [7, 11) is 0. The Kier molecular flexibility index (Phi) is 5.54. The highest BCUT2D eigenvalue weighted by molar-refractivity contribution is 5.80. The second-order valence-corrected chi connectivity index (χ2v) is 6.51. The first-order valence-electron chi connectivity index (χ1n) is 9.06. The molecule has 0 saturated carbocycles. The fourth-order valence-electron chi connectivity index (χ4n) is 3.14. The number of fused-ring (bicyclic) bond motifs is 1. The molecule has 0 aliphatic carbocycles. The zero-order chi connectivity index (χ0) is 19.4. The number of hydrogen-bond acceptors (Lipinski definition) is 3. The highest BCUT2D eigenvalue weighted by atomic mass is 16.2. The average molecular weight is 365 g/mol. The first-order valence-corrected chi connectivity index (χ1v) is 9.06. The molecule has 0 unspecified atom stereocenters. The first-order chi connectivity index (χ1) is 13.0. The van der Waals surface area contributed by atoms with Crippen LogP contribution in [0.5, 0.6) is 0 Å². The Bertz CT molecular complexity index is 1080. The van der Waals surface area contributed by atoms with E-state index in [1.54, 1.807) is 18.2 Å². The molecule has 0 spiro atoms. The molecule has 0 saturated heterocycles. The third-order valence-corrected chi connectivity index (χ3v) is 4.61. The van der Waals surface area contributed by atoms with E-state index in [1.807, 2.05) is 44.2 Å². The molecular weight excluding hydrogens is 342 g/mol. The van der Waals surface area contributed by atoms with Crippen molar-refractivity contribution in [2.75, 3.05) is 6.54 Å². The summed E-state index contributed by atoms with van der Waals surface area (Å²) in [6.45, 7) is 4.54. The van der Waals surface area contributed by atoms with E-state index in [-0.39, 0.29) is 12.5 Å². The largest absolute Gasteiger partial charge is 0.354 e. The molecule has 3 rings (SSSR count). The van der Waals surface area contributed by atoms with Gasteiger partial charge in [0.05, 0.1) is 11.0 Å². The molecule has 27 heavy (non-hydrogen) atoms. The lowest BCUT2D eigenvalue weighted by molar-refractivity contribution is -0.121. The SMILES string of the molecule is CCn1c(=O)c(=O)n(CC(=O)NCCc2ccc(C)cc2)c2ccccc21. The van der Waals surface area contributed by atoms with Gasteiger partial charge >= 0.3 is 11.1 Å². The highest BCUT2D eigenvalue weighted by Gasteiger charge is 2.14. The van der Waals surface area contributed by atoms with Gasteiger partial charge in [0.25, 0.3) is 0 Å². The van der Waals surface area contributed by atoms with Crippen molar-refractivity contribution in [3.8, 4) is 0 Å². The fraction of sp³-hybridized carbons (Fsp3) is 0.286. The summed E-state index contributed by atoms with van der Waals surface area (Å²) in [5.41, 5.74) is 2.27. The standard InChI is InChI=1S/C21H23N3O3/c1-3-23-17-6-4-5-7-18(17)24(21(27)20(23)26)14-19(25)22-13-12-16-10-8-15(2)9-11-16/h4-11H,3,12-14H2,1-2H3,(H,22,25). The maximum atomic E-state index is 12.5. The van der Waals surface area contributed by atoms with Crippen LogP contribution in [0.2, 0.25) is 0 Å². The molecule has 0 aliphatic heterocycles. The number of nitrogens with one attached hydrogen (secondary N) is 1. The molecule has 1 amide bonds. The fourth-order valence-corrected chi connectivity index (χ4v) is 3.14. The zero-order valence-electron chi connectivity index (χ0n) is 15.6. The van der Waals surface area contributed by atoms with Crippen LogP contribution in [0.3, 0.4) is 0 Å². The molecule has 0 aliphatic rings. The number of benzene rings is 2. The smallest absolute Gasteiger partial charge is 0.317 e. The van der Waals surface area contributed by atoms with E-state index in [1.165, 1.54) is 14.7 Å². The molecule has 0 bridgehead atoms. The Labute approximate surface area is 157 Å². The number of aryl methyl sites for hydroxylation is 2. The van der Waals surface area contributed by atoms with Gasteiger partial charge in [0.2, 0.25) is 5.91 Å². The van der Waals surface area contributed by atoms with Gasteiger partial charge in [-0.15, -0.1) is 0 Å². The Morgan fingerprint density at radius 1 is 0.926 bits per heavy atom. The lowest BCUT2D eigenvalue weighted by atomic mass is 10.1. The van der Waals surface area contributed by atoms with Crippen LogP contribution in [0, 0.1) is 6.92 Å². The summed E-state index contributed by atoms with van der Waals surface area (Å²) in [6.07, 6.45) is 0.707. The Morgan fingerprint density at radius 2 is 1.52 bits per heavy atom. The van der Waals surface area contributed by atoms with Gasteiger partial charge in [0, 0.05) is 13.1 Å². The molecule has 2 aromatic carbocycles. The Morgan fingerprint density at radius 3 is 2.15 bits per heavy atom. The summed E-state index contributed by atoms with van der Waals surface area (Å²) in [5.74, 6) is -0.289. The van der Waals surface area contributed by atoms with Crippen LogP contribution < -0.4 is 16.4 Å². The third kappa shape index (κ3) is 4.00. The van der Waals surface area contributed by atoms with E-state index in [0.717, 1.165) is 5.56 Å². The van der Waals surface area contributed by atoms with Crippen LogP contribution in [-0.4, -0.2) is 21.6 Å². The zero-order valence-corrected chi connectivity index (χ0v) is 15.6. The predicted molar refractivity (Wildman–Crippen MR) is 106 cm³/mol. The quantitative estimate of drug-likeness (QED) is 0.678. The van der Waals surface area contributed by atoms with Crippen LogP contribution in [-0.2, 0) is 24.3 Å². The lowest BCUT2D eigenvalue weighted by Crippen LogP contribution is -2.43. The topological polar surface area (TPSA) is 73.1 Å². The minimum atomic E-state index is -0.677. The number of amides is 1. The number of carbonyl (C=O) groups excluding carboxylic acids is 1.